The largest absolute Gasteiger partial charge is 0.538 e. The van der Waals surface area contributed by atoms with Gasteiger partial charge in [-0.15, -0.1) is 8.78 Å². The molecule has 98 valence electrons. The number of halogens is 3. The van der Waals surface area contributed by atoms with Crippen LogP contribution in [0.3, 0.4) is 0 Å². The Morgan fingerprint density at radius 3 is 2.67 bits per heavy atom. The minimum atomic E-state index is -4.07. The fourth-order valence-corrected chi connectivity index (χ4v) is 1.87. The number of fused-ring (bicyclic) bond motifs is 1. The zero-order valence-electron chi connectivity index (χ0n) is 9.08. The number of benzene rings is 1. The van der Waals surface area contributed by atoms with Crippen LogP contribution in [0.4, 0.5) is 13.2 Å². The topological polar surface area (TPSA) is 44.8 Å². The Morgan fingerprint density at radius 1 is 1.39 bits per heavy atom. The minimum Gasteiger partial charge on any atom is -0.465 e. The summed E-state index contributed by atoms with van der Waals surface area (Å²) in [5, 5.41) is 0. The van der Waals surface area contributed by atoms with Gasteiger partial charge >= 0.3 is 12.3 Å². The molecule has 18 heavy (non-hydrogen) atoms. The number of hydrogen-bond acceptors (Lipinski definition) is 4. The van der Waals surface area contributed by atoms with Gasteiger partial charge in [-0.05, 0) is 18.2 Å². The molecule has 4 nitrogen and oxygen atoms in total. The number of alkyl halides is 3. The van der Waals surface area contributed by atoms with Crippen molar-refractivity contribution >= 4 is 15.2 Å². The lowest BCUT2D eigenvalue weighted by Crippen LogP contribution is -2.40. The summed E-state index contributed by atoms with van der Waals surface area (Å²) < 4.78 is 52.2. The van der Waals surface area contributed by atoms with Gasteiger partial charge in [0, 0.05) is 0 Å². The number of methoxy groups -OCH3 is 1. The molecule has 0 spiro atoms. The van der Waals surface area contributed by atoms with Gasteiger partial charge in [0.2, 0.25) is 0 Å². The molecule has 2 atom stereocenters. The molecule has 0 saturated heterocycles. The van der Waals surface area contributed by atoms with Crippen molar-refractivity contribution in [1.29, 1.82) is 0 Å². The standard InChI is InChI=1S/C10H8F3O4P/c1-15-8(14)5-2-3-7-6(4-5)9(11,18)17-10(12,13)16-7/h2-4H,18H2,1H3. The molecule has 0 saturated carbocycles. The fourth-order valence-electron chi connectivity index (χ4n) is 1.51. The molecule has 0 bridgehead atoms. The van der Waals surface area contributed by atoms with Crippen LogP contribution in [0.25, 0.3) is 0 Å². The molecule has 2 rings (SSSR count). The van der Waals surface area contributed by atoms with E-state index in [-0.39, 0.29) is 11.1 Å². The second kappa shape index (κ2) is 4.10. The van der Waals surface area contributed by atoms with E-state index in [1.165, 1.54) is 15.3 Å². The van der Waals surface area contributed by atoms with Crippen molar-refractivity contribution in [3.8, 4) is 5.75 Å². The molecule has 0 amide bonds. The maximum absolute atomic E-state index is 13.9. The molecule has 0 fully saturated rings. The number of carbonyl (C=O) groups excluding carboxylic acids is 1. The molecule has 1 aliphatic rings. The summed E-state index contributed by atoms with van der Waals surface area (Å²) >= 11 is 0. The molecular weight excluding hydrogens is 272 g/mol. The first-order valence-electron chi connectivity index (χ1n) is 4.73. The van der Waals surface area contributed by atoms with E-state index in [0.29, 0.717) is 0 Å². The first-order valence-corrected chi connectivity index (χ1v) is 5.30. The summed E-state index contributed by atoms with van der Waals surface area (Å²) in [6.07, 6.45) is -4.07. The first kappa shape index (κ1) is 13.1. The highest BCUT2D eigenvalue weighted by atomic mass is 31.0. The highest BCUT2D eigenvalue weighted by molar-refractivity contribution is 7.17. The number of rotatable bonds is 1. The van der Waals surface area contributed by atoms with E-state index in [1.807, 2.05) is 0 Å². The van der Waals surface area contributed by atoms with Crippen LogP contribution in [0.1, 0.15) is 15.9 Å². The Bertz CT molecular complexity index is 504. The number of ether oxygens (including phenoxy) is 3. The summed E-state index contributed by atoms with van der Waals surface area (Å²) in [6.45, 7) is 0. The molecule has 1 aromatic carbocycles. The summed E-state index contributed by atoms with van der Waals surface area (Å²) in [7, 11) is 2.65. The third-order valence-electron chi connectivity index (χ3n) is 2.26. The molecule has 0 radical (unpaired) electrons. The maximum atomic E-state index is 13.9. The molecule has 2 unspecified atom stereocenters. The van der Waals surface area contributed by atoms with Crippen LogP contribution in [0.5, 0.6) is 5.75 Å². The van der Waals surface area contributed by atoms with Crippen LogP contribution < -0.4 is 4.74 Å². The molecule has 1 aromatic rings. The molecule has 1 aliphatic heterocycles. The minimum absolute atomic E-state index is 0.00172. The molecule has 0 aliphatic carbocycles. The molecule has 0 aromatic heterocycles. The zero-order valence-corrected chi connectivity index (χ0v) is 10.2. The van der Waals surface area contributed by atoms with E-state index < -0.39 is 23.6 Å². The van der Waals surface area contributed by atoms with Crippen molar-refractivity contribution in [1.82, 2.24) is 0 Å². The molecule has 8 heteroatoms. The van der Waals surface area contributed by atoms with Crippen LogP contribution in [-0.4, -0.2) is 19.4 Å². The molecule has 1 heterocycles. The van der Waals surface area contributed by atoms with E-state index in [0.717, 1.165) is 19.2 Å². The van der Waals surface area contributed by atoms with Crippen molar-refractivity contribution in [2.45, 2.75) is 11.9 Å². The predicted molar refractivity (Wildman–Crippen MR) is 56.9 cm³/mol. The Hall–Kier alpha value is -1.33. The van der Waals surface area contributed by atoms with Crippen molar-refractivity contribution in [3.05, 3.63) is 29.3 Å². The zero-order chi connectivity index (χ0) is 13.6. The Kier molecular flexibility index (Phi) is 2.99. The molecule has 0 N–H and O–H groups in total. The van der Waals surface area contributed by atoms with Crippen LogP contribution in [0.15, 0.2) is 18.2 Å². The maximum Gasteiger partial charge on any atom is 0.538 e. The van der Waals surface area contributed by atoms with Crippen molar-refractivity contribution in [3.63, 3.8) is 0 Å². The second-order valence-electron chi connectivity index (χ2n) is 3.52. The van der Waals surface area contributed by atoms with Gasteiger partial charge in [0.15, 0.2) is 0 Å². The van der Waals surface area contributed by atoms with Gasteiger partial charge < -0.3 is 9.47 Å². The fraction of sp³-hybridized carbons (Fsp3) is 0.300. The first-order chi connectivity index (χ1) is 8.25. The second-order valence-corrected chi connectivity index (χ2v) is 4.26. The monoisotopic (exact) mass is 280 g/mol. The van der Waals surface area contributed by atoms with Gasteiger partial charge in [0.25, 0.3) is 5.60 Å². The summed E-state index contributed by atoms with van der Waals surface area (Å²) in [5.74, 6) is -1.13. The normalized spacial score (nSPS) is 24.9. The van der Waals surface area contributed by atoms with Gasteiger partial charge in [0.05, 0.1) is 18.2 Å². The lowest BCUT2D eigenvalue weighted by Gasteiger charge is -2.33. The van der Waals surface area contributed by atoms with Gasteiger partial charge in [-0.25, -0.2) is 13.9 Å². The van der Waals surface area contributed by atoms with E-state index in [1.54, 1.807) is 0 Å². The lowest BCUT2D eigenvalue weighted by atomic mass is 10.1. The average molecular weight is 280 g/mol. The van der Waals surface area contributed by atoms with Gasteiger partial charge in [-0.1, -0.05) is 9.24 Å². The van der Waals surface area contributed by atoms with E-state index in [9.17, 15) is 18.0 Å². The van der Waals surface area contributed by atoms with Gasteiger partial charge in [-0.2, -0.15) is 0 Å². The highest BCUT2D eigenvalue weighted by Crippen LogP contribution is 2.49. The van der Waals surface area contributed by atoms with Crippen LogP contribution in [0, 0.1) is 0 Å². The smallest absolute Gasteiger partial charge is 0.465 e. The summed E-state index contributed by atoms with van der Waals surface area (Å²) in [4.78, 5) is 11.3. The van der Waals surface area contributed by atoms with E-state index in [2.05, 4.69) is 14.2 Å². The van der Waals surface area contributed by atoms with Crippen molar-refractivity contribution < 1.29 is 32.2 Å². The lowest BCUT2D eigenvalue weighted by molar-refractivity contribution is -0.408. The van der Waals surface area contributed by atoms with Crippen LogP contribution >= 0.6 is 9.24 Å². The molecular formula is C10H8F3O4P. The Balaban J connectivity index is 2.50. The Morgan fingerprint density at radius 2 is 2.06 bits per heavy atom. The SMILES string of the molecule is COC(=O)c1ccc2c(c1)C(F)(P)OC(F)(F)O2. The van der Waals surface area contributed by atoms with Crippen LogP contribution in [0.2, 0.25) is 0 Å². The van der Waals surface area contributed by atoms with Crippen molar-refractivity contribution in [2.24, 2.45) is 0 Å². The van der Waals surface area contributed by atoms with Crippen LogP contribution in [-0.2, 0) is 15.1 Å². The Labute approximate surface area is 102 Å². The third-order valence-corrected chi connectivity index (χ3v) is 2.69. The van der Waals surface area contributed by atoms with E-state index in [4.69, 9.17) is 0 Å². The predicted octanol–water partition coefficient (Wildman–Crippen LogP) is 2.39. The highest BCUT2D eigenvalue weighted by Gasteiger charge is 2.51. The number of esters is 1. The summed E-state index contributed by atoms with van der Waals surface area (Å²) in [6, 6.07) is 3.27. The van der Waals surface area contributed by atoms with Crippen molar-refractivity contribution in [2.75, 3.05) is 7.11 Å². The quantitative estimate of drug-likeness (QED) is 0.585. The summed E-state index contributed by atoms with van der Waals surface area (Å²) in [5.41, 5.74) is -3.18. The van der Waals surface area contributed by atoms with Gasteiger partial charge in [-0.3, -0.25) is 0 Å². The number of hydrogen-bond donors (Lipinski definition) is 0. The third kappa shape index (κ3) is 2.28. The average Bonchev–Trinajstić information content (AvgIpc) is 2.25. The van der Waals surface area contributed by atoms with E-state index >= 15 is 0 Å². The van der Waals surface area contributed by atoms with Gasteiger partial charge in [0.1, 0.15) is 5.75 Å². The number of carbonyl (C=O) groups is 1.